The van der Waals surface area contributed by atoms with Gasteiger partial charge < -0.3 is 4.74 Å². The van der Waals surface area contributed by atoms with E-state index in [0.29, 0.717) is 13.2 Å². The van der Waals surface area contributed by atoms with Crippen molar-refractivity contribution in [1.29, 1.82) is 0 Å². The second-order valence-corrected chi connectivity index (χ2v) is 6.54. The molecule has 5 nitrogen and oxygen atoms in total. The summed E-state index contributed by atoms with van der Waals surface area (Å²) in [5, 5.41) is -0.130. The first-order chi connectivity index (χ1) is 8.98. The van der Waals surface area contributed by atoms with E-state index in [1.165, 1.54) is 16.4 Å². The van der Waals surface area contributed by atoms with Gasteiger partial charge in [0.25, 0.3) is 0 Å². The quantitative estimate of drug-likeness (QED) is 0.845. The molecule has 0 unspecified atom stereocenters. The molecule has 103 valence electrons. The first-order valence-electron chi connectivity index (χ1n) is 5.42. The lowest BCUT2D eigenvalue weighted by atomic mass is 10.2. The lowest BCUT2D eigenvalue weighted by Gasteiger charge is -2.26. The minimum atomic E-state index is -3.76. The molecule has 1 heterocycles. The highest BCUT2D eigenvalue weighted by Crippen LogP contribution is 2.31. The van der Waals surface area contributed by atoms with Gasteiger partial charge in [0, 0.05) is 13.1 Å². The number of nitrogens with zero attached hydrogens (tertiary/aromatic N) is 1. The van der Waals surface area contributed by atoms with Gasteiger partial charge in [0.05, 0.1) is 28.8 Å². The van der Waals surface area contributed by atoms with Crippen molar-refractivity contribution < 1.29 is 17.9 Å². The van der Waals surface area contributed by atoms with Crippen molar-refractivity contribution in [2.75, 3.05) is 26.3 Å². The van der Waals surface area contributed by atoms with Crippen LogP contribution in [0.4, 0.5) is 0 Å². The predicted octanol–water partition coefficient (Wildman–Crippen LogP) is 1.47. The van der Waals surface area contributed by atoms with E-state index in [-0.39, 0.29) is 33.6 Å². The maximum absolute atomic E-state index is 12.4. The zero-order chi connectivity index (χ0) is 14.0. The fraction of sp³-hybridized carbons (Fsp3) is 0.364. The molecule has 1 fully saturated rings. The van der Waals surface area contributed by atoms with Crippen LogP contribution in [0.15, 0.2) is 17.0 Å². The van der Waals surface area contributed by atoms with Crippen LogP contribution in [-0.2, 0) is 19.6 Å². The summed E-state index contributed by atoms with van der Waals surface area (Å²) in [5.74, 6) is 0. The van der Waals surface area contributed by atoms with Crippen molar-refractivity contribution in [1.82, 2.24) is 4.31 Å². The largest absolute Gasteiger partial charge is 0.379 e. The second kappa shape index (κ2) is 5.76. The Morgan fingerprint density at radius 2 is 1.84 bits per heavy atom. The average molecular weight is 323 g/mol. The molecule has 1 radical (unpaired) electrons. The number of hydrogen-bond donors (Lipinski definition) is 0. The Bertz CT molecular complexity index is 597. The molecule has 1 aliphatic heterocycles. The van der Waals surface area contributed by atoms with Gasteiger partial charge >= 0.3 is 0 Å². The van der Waals surface area contributed by atoms with Crippen LogP contribution in [0.25, 0.3) is 0 Å². The summed E-state index contributed by atoms with van der Waals surface area (Å²) in [6.45, 7) is 1.16. The number of morpholine rings is 1. The van der Waals surface area contributed by atoms with E-state index in [1.807, 2.05) is 0 Å². The summed E-state index contributed by atoms with van der Waals surface area (Å²) in [4.78, 5) is 10.6. The van der Waals surface area contributed by atoms with Crippen molar-refractivity contribution in [3.8, 4) is 0 Å². The maximum atomic E-state index is 12.4. The highest BCUT2D eigenvalue weighted by Gasteiger charge is 2.29. The molecule has 1 aromatic carbocycles. The van der Waals surface area contributed by atoms with Crippen LogP contribution in [0.5, 0.6) is 0 Å². The van der Waals surface area contributed by atoms with Gasteiger partial charge in [-0.25, -0.2) is 8.42 Å². The van der Waals surface area contributed by atoms with E-state index in [9.17, 15) is 13.2 Å². The van der Waals surface area contributed by atoms with Crippen molar-refractivity contribution >= 4 is 39.5 Å². The minimum absolute atomic E-state index is 0.0703. The highest BCUT2D eigenvalue weighted by atomic mass is 35.5. The molecule has 8 heteroatoms. The molecule has 0 N–H and O–H groups in total. The third-order valence-corrected chi connectivity index (χ3v) is 5.51. The maximum Gasteiger partial charge on any atom is 0.244 e. The average Bonchev–Trinajstić information content (AvgIpc) is 2.40. The zero-order valence-corrected chi connectivity index (χ0v) is 12.1. The number of hydrogen-bond acceptors (Lipinski definition) is 4. The van der Waals surface area contributed by atoms with Gasteiger partial charge in [-0.15, -0.1) is 0 Å². The van der Waals surface area contributed by atoms with Crippen LogP contribution in [0, 0.1) is 0 Å². The van der Waals surface area contributed by atoms with Gasteiger partial charge in [-0.1, -0.05) is 23.2 Å². The highest BCUT2D eigenvalue weighted by molar-refractivity contribution is 7.89. The zero-order valence-electron chi connectivity index (χ0n) is 9.73. The molecule has 1 saturated heterocycles. The number of rotatable bonds is 3. The molecule has 0 aromatic heterocycles. The first-order valence-corrected chi connectivity index (χ1v) is 7.62. The Morgan fingerprint density at radius 1 is 1.21 bits per heavy atom. The molecule has 2 rings (SSSR count). The lowest BCUT2D eigenvalue weighted by molar-refractivity contribution is 0.0730. The van der Waals surface area contributed by atoms with Gasteiger partial charge in [-0.2, -0.15) is 4.31 Å². The lowest BCUT2D eigenvalue weighted by Crippen LogP contribution is -2.40. The Hall–Kier alpha value is -0.660. The van der Waals surface area contributed by atoms with Crippen LogP contribution in [0.3, 0.4) is 0 Å². The molecule has 0 bridgehead atoms. The molecule has 0 amide bonds. The molecule has 0 saturated carbocycles. The number of benzene rings is 1. The fourth-order valence-electron chi connectivity index (χ4n) is 1.75. The SMILES string of the molecule is O=[C]c1c(Cl)ccc(S(=O)(=O)N2CCOCC2)c1Cl. The monoisotopic (exact) mass is 322 g/mol. The predicted molar refractivity (Wildman–Crippen MR) is 70.8 cm³/mol. The summed E-state index contributed by atoms with van der Waals surface area (Å²) in [6.07, 6.45) is 1.56. The van der Waals surface area contributed by atoms with Crippen LogP contribution in [0.1, 0.15) is 5.56 Å². The van der Waals surface area contributed by atoms with Crippen molar-refractivity contribution in [2.45, 2.75) is 4.90 Å². The van der Waals surface area contributed by atoms with E-state index in [2.05, 4.69) is 0 Å². The van der Waals surface area contributed by atoms with E-state index >= 15 is 0 Å². The smallest absolute Gasteiger partial charge is 0.244 e. The molecular weight excluding hydrogens is 313 g/mol. The van der Waals surface area contributed by atoms with E-state index < -0.39 is 10.0 Å². The summed E-state index contributed by atoms with van der Waals surface area (Å²) in [6, 6.07) is 2.61. The molecule has 19 heavy (non-hydrogen) atoms. The Morgan fingerprint density at radius 3 is 2.42 bits per heavy atom. The van der Waals surface area contributed by atoms with Crippen molar-refractivity contribution in [3.63, 3.8) is 0 Å². The molecule has 0 aliphatic carbocycles. The standard InChI is InChI=1S/C11H10Cl2NO4S/c12-9-1-2-10(11(13)8(9)7-15)19(16,17)14-3-5-18-6-4-14/h1-2H,3-6H2. The number of carbonyl (C=O) groups excluding carboxylic acids is 1. The summed E-state index contributed by atoms with van der Waals surface area (Å²) >= 11 is 11.7. The Labute approximate surface area is 121 Å². The Kier molecular flexibility index (Phi) is 4.47. The van der Waals surface area contributed by atoms with E-state index in [4.69, 9.17) is 27.9 Å². The number of sulfonamides is 1. The molecule has 0 atom stereocenters. The second-order valence-electron chi connectivity index (χ2n) is 3.85. The van der Waals surface area contributed by atoms with Crippen LogP contribution < -0.4 is 0 Å². The normalized spacial score (nSPS) is 17.4. The molecule has 0 spiro atoms. The van der Waals surface area contributed by atoms with Crippen LogP contribution in [0.2, 0.25) is 10.0 Å². The number of ether oxygens (including phenoxy) is 1. The Balaban J connectivity index is 2.48. The molecule has 1 aromatic rings. The van der Waals surface area contributed by atoms with Gasteiger partial charge in [0.1, 0.15) is 4.90 Å². The molecule has 1 aliphatic rings. The van der Waals surface area contributed by atoms with Crippen molar-refractivity contribution in [3.05, 3.63) is 27.7 Å². The fourth-order valence-corrected chi connectivity index (χ4v) is 3.97. The topological polar surface area (TPSA) is 63.7 Å². The number of halogens is 2. The summed E-state index contributed by atoms with van der Waals surface area (Å²) in [7, 11) is -3.76. The minimum Gasteiger partial charge on any atom is -0.379 e. The van der Waals surface area contributed by atoms with Crippen LogP contribution in [-0.4, -0.2) is 45.3 Å². The van der Waals surface area contributed by atoms with Gasteiger partial charge in [-0.05, 0) is 12.1 Å². The van der Waals surface area contributed by atoms with Gasteiger partial charge in [0.2, 0.25) is 16.3 Å². The third kappa shape index (κ3) is 2.78. The van der Waals surface area contributed by atoms with E-state index in [0.717, 1.165) is 0 Å². The molecular formula is C11H10Cl2NO4S. The summed E-state index contributed by atoms with van der Waals surface area (Å²) < 4.78 is 31.2. The first kappa shape index (κ1) is 14.7. The third-order valence-electron chi connectivity index (χ3n) is 2.75. The summed E-state index contributed by atoms with van der Waals surface area (Å²) in [5.41, 5.74) is -0.141. The van der Waals surface area contributed by atoms with Gasteiger partial charge in [-0.3, -0.25) is 4.79 Å². The van der Waals surface area contributed by atoms with Gasteiger partial charge in [0.15, 0.2) is 0 Å². The van der Waals surface area contributed by atoms with E-state index in [1.54, 1.807) is 6.29 Å². The van der Waals surface area contributed by atoms with Crippen LogP contribution >= 0.6 is 23.2 Å². The van der Waals surface area contributed by atoms with Crippen molar-refractivity contribution in [2.24, 2.45) is 0 Å².